The van der Waals surface area contributed by atoms with Gasteiger partial charge in [-0.3, -0.25) is 0 Å². The number of hydrogen-bond donors (Lipinski definition) is 2. The average Bonchev–Trinajstić information content (AvgIpc) is 3.13. The van der Waals surface area contributed by atoms with Crippen molar-refractivity contribution in [3.8, 4) is 11.5 Å². The molecule has 0 saturated heterocycles. The van der Waals surface area contributed by atoms with Crippen LogP contribution in [0.3, 0.4) is 0 Å². The van der Waals surface area contributed by atoms with Crippen LogP contribution < -0.4 is 15.2 Å². The molecule has 0 radical (unpaired) electrons. The summed E-state index contributed by atoms with van der Waals surface area (Å²) in [6, 6.07) is 5.81. The lowest BCUT2D eigenvalue weighted by atomic mass is 9.99. The highest BCUT2D eigenvalue weighted by Gasteiger charge is 2.53. The lowest BCUT2D eigenvalue weighted by molar-refractivity contribution is 0.211. The summed E-state index contributed by atoms with van der Waals surface area (Å²) < 4.78 is 10.5. The SMILES string of the molecule is COc1cc(OC)cc(C2CC2(CN)CO)c1. The molecule has 17 heavy (non-hydrogen) atoms. The van der Waals surface area contributed by atoms with E-state index in [2.05, 4.69) is 0 Å². The van der Waals surface area contributed by atoms with Crippen molar-refractivity contribution in [3.05, 3.63) is 23.8 Å². The molecule has 4 nitrogen and oxygen atoms in total. The van der Waals surface area contributed by atoms with E-state index in [0.717, 1.165) is 23.5 Å². The van der Waals surface area contributed by atoms with Gasteiger partial charge < -0.3 is 20.3 Å². The largest absolute Gasteiger partial charge is 0.497 e. The van der Waals surface area contributed by atoms with E-state index in [0.29, 0.717) is 12.5 Å². The van der Waals surface area contributed by atoms with Crippen LogP contribution in [-0.2, 0) is 0 Å². The second kappa shape index (κ2) is 4.55. The summed E-state index contributed by atoms with van der Waals surface area (Å²) in [5.41, 5.74) is 6.71. The molecule has 1 aliphatic carbocycles. The number of benzene rings is 1. The smallest absolute Gasteiger partial charge is 0.122 e. The van der Waals surface area contributed by atoms with E-state index < -0.39 is 0 Å². The molecule has 0 heterocycles. The Bertz CT molecular complexity index is 379. The first-order valence-electron chi connectivity index (χ1n) is 5.73. The zero-order chi connectivity index (χ0) is 12.5. The molecular weight excluding hydrogens is 218 g/mol. The average molecular weight is 237 g/mol. The Kier molecular flexibility index (Phi) is 3.26. The van der Waals surface area contributed by atoms with Crippen LogP contribution in [-0.4, -0.2) is 32.5 Å². The summed E-state index contributed by atoms with van der Waals surface area (Å²) in [5.74, 6) is 1.85. The maximum atomic E-state index is 9.40. The molecule has 1 saturated carbocycles. The van der Waals surface area contributed by atoms with Crippen molar-refractivity contribution in [2.75, 3.05) is 27.4 Å². The summed E-state index contributed by atoms with van der Waals surface area (Å²) in [6.45, 7) is 0.640. The summed E-state index contributed by atoms with van der Waals surface area (Å²) in [7, 11) is 3.27. The summed E-state index contributed by atoms with van der Waals surface area (Å²) in [4.78, 5) is 0. The highest BCUT2D eigenvalue weighted by atomic mass is 16.5. The van der Waals surface area contributed by atoms with Crippen molar-refractivity contribution in [1.29, 1.82) is 0 Å². The number of ether oxygens (including phenoxy) is 2. The van der Waals surface area contributed by atoms with Crippen molar-refractivity contribution >= 4 is 0 Å². The van der Waals surface area contributed by atoms with E-state index in [1.807, 2.05) is 18.2 Å². The first kappa shape index (κ1) is 12.2. The molecular formula is C13H19NO3. The second-order valence-corrected chi connectivity index (χ2v) is 4.63. The predicted octanol–water partition coefficient (Wildman–Crippen LogP) is 1.13. The lowest BCUT2D eigenvalue weighted by Gasteiger charge is -2.13. The van der Waals surface area contributed by atoms with E-state index >= 15 is 0 Å². The first-order chi connectivity index (χ1) is 8.19. The van der Waals surface area contributed by atoms with E-state index in [9.17, 15) is 5.11 Å². The Morgan fingerprint density at radius 1 is 1.29 bits per heavy atom. The molecule has 0 bridgehead atoms. The van der Waals surface area contributed by atoms with Crippen LogP contribution in [0.1, 0.15) is 17.9 Å². The van der Waals surface area contributed by atoms with Gasteiger partial charge >= 0.3 is 0 Å². The molecule has 94 valence electrons. The van der Waals surface area contributed by atoms with Gasteiger partial charge in [0.1, 0.15) is 11.5 Å². The normalized spacial score (nSPS) is 26.7. The Hall–Kier alpha value is -1.26. The third-order valence-electron chi connectivity index (χ3n) is 3.69. The quantitative estimate of drug-likeness (QED) is 0.805. The highest BCUT2D eigenvalue weighted by Crippen LogP contribution is 2.58. The maximum Gasteiger partial charge on any atom is 0.122 e. The van der Waals surface area contributed by atoms with Gasteiger partial charge in [0.2, 0.25) is 0 Å². The summed E-state index contributed by atoms with van der Waals surface area (Å²) >= 11 is 0. The molecule has 0 amide bonds. The molecule has 0 aliphatic heterocycles. The van der Waals surface area contributed by atoms with Gasteiger partial charge in [-0.2, -0.15) is 0 Å². The fourth-order valence-electron chi connectivity index (χ4n) is 2.31. The highest BCUT2D eigenvalue weighted by molar-refractivity contribution is 5.43. The van der Waals surface area contributed by atoms with Gasteiger partial charge in [0, 0.05) is 18.0 Å². The molecule has 0 aromatic heterocycles. The van der Waals surface area contributed by atoms with E-state index in [4.69, 9.17) is 15.2 Å². The van der Waals surface area contributed by atoms with E-state index in [-0.39, 0.29) is 12.0 Å². The minimum atomic E-state index is -0.141. The van der Waals surface area contributed by atoms with Gasteiger partial charge in [-0.05, 0) is 30.0 Å². The van der Waals surface area contributed by atoms with Crippen LogP contribution in [0, 0.1) is 5.41 Å². The Labute approximate surface area is 101 Å². The van der Waals surface area contributed by atoms with Crippen LogP contribution in [0.25, 0.3) is 0 Å². The number of methoxy groups -OCH3 is 2. The summed E-state index contributed by atoms with van der Waals surface area (Å²) in [6.07, 6.45) is 0.927. The minimum Gasteiger partial charge on any atom is -0.497 e. The molecule has 2 unspecified atom stereocenters. The lowest BCUT2D eigenvalue weighted by Crippen LogP contribution is -2.21. The molecule has 4 heteroatoms. The molecule has 1 aliphatic rings. The maximum absolute atomic E-state index is 9.40. The molecule has 1 aromatic carbocycles. The van der Waals surface area contributed by atoms with Crippen molar-refractivity contribution < 1.29 is 14.6 Å². The predicted molar refractivity (Wildman–Crippen MR) is 65.5 cm³/mol. The Morgan fingerprint density at radius 2 is 1.88 bits per heavy atom. The zero-order valence-electron chi connectivity index (χ0n) is 10.3. The topological polar surface area (TPSA) is 64.7 Å². The van der Waals surface area contributed by atoms with E-state index in [1.54, 1.807) is 14.2 Å². The number of rotatable bonds is 5. The minimum absolute atomic E-state index is 0.133. The Balaban J connectivity index is 2.28. The zero-order valence-corrected chi connectivity index (χ0v) is 10.3. The van der Waals surface area contributed by atoms with Gasteiger partial charge in [-0.1, -0.05) is 0 Å². The van der Waals surface area contributed by atoms with Crippen LogP contribution >= 0.6 is 0 Å². The Morgan fingerprint density at radius 3 is 2.24 bits per heavy atom. The fraction of sp³-hybridized carbons (Fsp3) is 0.538. The van der Waals surface area contributed by atoms with Gasteiger partial charge in [0.15, 0.2) is 0 Å². The van der Waals surface area contributed by atoms with Crippen molar-refractivity contribution in [2.24, 2.45) is 11.1 Å². The van der Waals surface area contributed by atoms with Crippen molar-refractivity contribution in [1.82, 2.24) is 0 Å². The van der Waals surface area contributed by atoms with Gasteiger partial charge in [-0.15, -0.1) is 0 Å². The third kappa shape index (κ3) is 2.10. The fourth-order valence-corrected chi connectivity index (χ4v) is 2.31. The molecule has 1 aromatic rings. The number of aliphatic hydroxyl groups excluding tert-OH is 1. The molecule has 2 rings (SSSR count). The van der Waals surface area contributed by atoms with Gasteiger partial charge in [-0.25, -0.2) is 0 Å². The van der Waals surface area contributed by atoms with Crippen molar-refractivity contribution in [3.63, 3.8) is 0 Å². The molecule has 3 N–H and O–H groups in total. The second-order valence-electron chi connectivity index (χ2n) is 4.63. The van der Waals surface area contributed by atoms with Gasteiger partial charge in [0.05, 0.1) is 20.8 Å². The monoisotopic (exact) mass is 237 g/mol. The van der Waals surface area contributed by atoms with Crippen LogP contribution in [0.4, 0.5) is 0 Å². The molecule has 0 spiro atoms. The van der Waals surface area contributed by atoms with Crippen molar-refractivity contribution in [2.45, 2.75) is 12.3 Å². The summed E-state index contributed by atoms with van der Waals surface area (Å²) in [5, 5.41) is 9.40. The number of nitrogens with two attached hydrogens (primary N) is 1. The standard InChI is InChI=1S/C13H19NO3/c1-16-10-3-9(4-11(5-10)17-2)12-6-13(12,7-14)8-15/h3-5,12,15H,6-8,14H2,1-2H3. The number of aliphatic hydroxyl groups is 1. The van der Waals surface area contributed by atoms with Crippen LogP contribution in [0.2, 0.25) is 0 Å². The van der Waals surface area contributed by atoms with Crippen LogP contribution in [0.5, 0.6) is 11.5 Å². The molecule has 1 fully saturated rings. The third-order valence-corrected chi connectivity index (χ3v) is 3.69. The molecule has 2 atom stereocenters. The van der Waals surface area contributed by atoms with Crippen LogP contribution in [0.15, 0.2) is 18.2 Å². The van der Waals surface area contributed by atoms with Gasteiger partial charge in [0.25, 0.3) is 0 Å². The first-order valence-corrected chi connectivity index (χ1v) is 5.73. The van der Waals surface area contributed by atoms with E-state index in [1.165, 1.54) is 0 Å². The number of hydrogen-bond acceptors (Lipinski definition) is 4.